The van der Waals surface area contributed by atoms with Gasteiger partial charge < -0.3 is 26.2 Å². The SMILES string of the molecule is Br.Cc1ncc(C[n+]2csc(CCO)c2C)c(N)n1.O=[N+]([O-])[O-]. The topological polar surface area (TPSA) is 142 Å². The van der Waals surface area contributed by atoms with Gasteiger partial charge in [0.25, 0.3) is 0 Å². The number of halogens is 1. The summed E-state index contributed by atoms with van der Waals surface area (Å²) < 4.78 is 2.11. The highest BCUT2D eigenvalue weighted by Gasteiger charge is 2.16. The molecule has 0 spiro atoms. The van der Waals surface area contributed by atoms with Gasteiger partial charge in [-0.2, -0.15) is 4.57 Å². The molecule has 23 heavy (non-hydrogen) atoms. The maximum Gasteiger partial charge on any atom is 0.225 e. The van der Waals surface area contributed by atoms with E-state index in [0.717, 1.165) is 11.3 Å². The highest BCUT2D eigenvalue weighted by atomic mass is 79.9. The molecule has 0 aromatic carbocycles. The van der Waals surface area contributed by atoms with Crippen molar-refractivity contribution >= 4 is 34.1 Å². The van der Waals surface area contributed by atoms with Gasteiger partial charge in [0.05, 0.1) is 15.5 Å². The van der Waals surface area contributed by atoms with Crippen molar-refractivity contribution in [2.75, 3.05) is 12.3 Å². The molecule has 0 aliphatic rings. The molecule has 0 fully saturated rings. The summed E-state index contributed by atoms with van der Waals surface area (Å²) in [6, 6.07) is 0. The Morgan fingerprint density at radius 2 is 2.04 bits per heavy atom. The zero-order valence-electron chi connectivity index (χ0n) is 12.6. The van der Waals surface area contributed by atoms with Crippen LogP contribution in [0.5, 0.6) is 0 Å². The lowest BCUT2D eigenvalue weighted by Crippen LogP contribution is -2.35. The van der Waals surface area contributed by atoms with Gasteiger partial charge in [-0.25, -0.2) is 9.97 Å². The van der Waals surface area contributed by atoms with Crippen molar-refractivity contribution in [1.29, 1.82) is 0 Å². The maximum atomic E-state index is 8.98. The molecule has 0 aliphatic carbocycles. The van der Waals surface area contributed by atoms with Crippen molar-refractivity contribution < 1.29 is 14.8 Å². The first-order valence-electron chi connectivity index (χ1n) is 6.32. The van der Waals surface area contributed by atoms with E-state index in [1.807, 2.05) is 19.4 Å². The molecule has 0 bridgehead atoms. The third-order valence-electron chi connectivity index (χ3n) is 2.85. The largest absolute Gasteiger partial charge is 0.396 e. The number of nitrogens with zero attached hydrogens (tertiary/aromatic N) is 4. The van der Waals surface area contributed by atoms with Crippen LogP contribution in [0.4, 0.5) is 5.82 Å². The van der Waals surface area contributed by atoms with E-state index in [2.05, 4.69) is 14.5 Å². The molecule has 2 heterocycles. The van der Waals surface area contributed by atoms with Crippen LogP contribution in [0.2, 0.25) is 0 Å². The van der Waals surface area contributed by atoms with Crippen molar-refractivity contribution in [3.8, 4) is 0 Å². The van der Waals surface area contributed by atoms with Crippen LogP contribution in [0, 0.1) is 29.2 Å². The molecule has 0 saturated carbocycles. The minimum absolute atomic E-state index is 0. The average molecular weight is 408 g/mol. The number of hydrogen-bond donors (Lipinski definition) is 2. The zero-order chi connectivity index (χ0) is 16.7. The molecule has 0 radical (unpaired) electrons. The van der Waals surface area contributed by atoms with Gasteiger partial charge in [-0.1, -0.05) is 11.3 Å². The van der Waals surface area contributed by atoms with Crippen LogP contribution in [0.25, 0.3) is 0 Å². The molecule has 0 amide bonds. The summed E-state index contributed by atoms with van der Waals surface area (Å²) in [6.07, 6.45) is 2.47. The predicted molar refractivity (Wildman–Crippen MR) is 91.0 cm³/mol. The Labute approximate surface area is 147 Å². The summed E-state index contributed by atoms with van der Waals surface area (Å²) in [6.45, 7) is 4.71. The lowest BCUT2D eigenvalue weighted by molar-refractivity contribution is -0.689. The first-order chi connectivity index (χ1) is 10.3. The smallest absolute Gasteiger partial charge is 0.225 e. The van der Waals surface area contributed by atoms with Crippen molar-refractivity contribution in [1.82, 2.24) is 9.97 Å². The molecule has 11 heteroatoms. The number of nitrogens with two attached hydrogens (primary N) is 1. The van der Waals surface area contributed by atoms with Gasteiger partial charge in [-0.3, -0.25) is 0 Å². The third-order valence-corrected chi connectivity index (χ3v) is 4.00. The molecular weight excluding hydrogens is 390 g/mol. The molecule has 9 nitrogen and oxygen atoms in total. The zero-order valence-corrected chi connectivity index (χ0v) is 15.2. The number of aryl methyl sites for hydroxylation is 1. The molecule has 0 atom stereocenters. The summed E-state index contributed by atoms with van der Waals surface area (Å²) in [7, 11) is 0. The molecule has 2 rings (SSSR count). The Morgan fingerprint density at radius 3 is 2.57 bits per heavy atom. The van der Waals surface area contributed by atoms with E-state index in [-0.39, 0.29) is 23.6 Å². The van der Waals surface area contributed by atoms with Crippen molar-refractivity contribution in [2.45, 2.75) is 26.8 Å². The second kappa shape index (κ2) is 10.0. The van der Waals surface area contributed by atoms with Crippen LogP contribution in [-0.2, 0) is 13.0 Å². The predicted octanol–water partition coefficient (Wildman–Crippen LogP) is 0.947. The number of rotatable bonds is 4. The van der Waals surface area contributed by atoms with Crippen molar-refractivity contribution in [3.05, 3.63) is 49.0 Å². The summed E-state index contributed by atoms with van der Waals surface area (Å²) in [4.78, 5) is 17.8. The monoisotopic (exact) mass is 407 g/mol. The fourth-order valence-electron chi connectivity index (χ4n) is 1.77. The fraction of sp³-hybridized carbons (Fsp3) is 0.417. The number of aliphatic hydroxyl groups is 1. The van der Waals surface area contributed by atoms with Crippen LogP contribution in [0.15, 0.2) is 11.7 Å². The van der Waals surface area contributed by atoms with Gasteiger partial charge in [0.2, 0.25) is 5.51 Å². The van der Waals surface area contributed by atoms with E-state index in [1.54, 1.807) is 17.5 Å². The molecule has 0 saturated heterocycles. The average Bonchev–Trinajstić information content (AvgIpc) is 2.75. The number of anilines is 1. The fourth-order valence-corrected chi connectivity index (χ4v) is 2.75. The Balaban J connectivity index is 0.000000871. The Hall–Kier alpha value is -1.85. The molecule has 0 aliphatic heterocycles. The summed E-state index contributed by atoms with van der Waals surface area (Å²) in [5, 5.41) is 23.7. The second-order valence-electron chi connectivity index (χ2n) is 4.38. The maximum absolute atomic E-state index is 8.98. The molecular formula is C12H18BrN5O4S. The van der Waals surface area contributed by atoms with E-state index in [4.69, 9.17) is 26.2 Å². The highest BCUT2D eigenvalue weighted by Crippen LogP contribution is 2.13. The number of aromatic nitrogens is 3. The van der Waals surface area contributed by atoms with E-state index in [9.17, 15) is 0 Å². The lowest BCUT2D eigenvalue weighted by atomic mass is 10.2. The van der Waals surface area contributed by atoms with E-state index >= 15 is 0 Å². The van der Waals surface area contributed by atoms with Crippen molar-refractivity contribution in [2.24, 2.45) is 0 Å². The number of hydrogen-bond acceptors (Lipinski definition) is 8. The first-order valence-corrected chi connectivity index (χ1v) is 7.19. The molecule has 3 N–H and O–H groups in total. The summed E-state index contributed by atoms with van der Waals surface area (Å²) >= 11 is 1.65. The van der Waals surface area contributed by atoms with Crippen LogP contribution in [0.1, 0.15) is 22.0 Å². The molecule has 2 aromatic rings. The van der Waals surface area contributed by atoms with E-state index < -0.39 is 5.09 Å². The van der Waals surface area contributed by atoms with Gasteiger partial charge in [0.1, 0.15) is 11.6 Å². The van der Waals surface area contributed by atoms with Gasteiger partial charge in [0.15, 0.2) is 12.2 Å². The number of thiazole rings is 1. The van der Waals surface area contributed by atoms with Crippen LogP contribution in [0.3, 0.4) is 0 Å². The van der Waals surface area contributed by atoms with Gasteiger partial charge in [-0.05, 0) is 6.92 Å². The van der Waals surface area contributed by atoms with E-state index in [0.29, 0.717) is 24.6 Å². The van der Waals surface area contributed by atoms with Crippen LogP contribution >= 0.6 is 28.3 Å². The Morgan fingerprint density at radius 1 is 1.43 bits per heavy atom. The van der Waals surface area contributed by atoms with Crippen LogP contribution < -0.4 is 10.3 Å². The molecule has 0 unspecified atom stereocenters. The Bertz CT molecular complexity index is 648. The van der Waals surface area contributed by atoms with Gasteiger partial charge in [0, 0.05) is 26.1 Å². The minimum Gasteiger partial charge on any atom is -0.396 e. The standard InChI is InChI=1S/C12H17N4OS.BrH.NO3/c1-8-11(3-4-17)18-7-16(8)6-10-5-14-9(2)15-12(10)13;;2-1(3)4/h5,7,17H,3-4,6H2,1-2H3,(H2,13,14,15);1H;/q+1;;-1. The Kier molecular flexibility index (Phi) is 9.22. The second-order valence-corrected chi connectivity index (χ2v) is 5.32. The van der Waals surface area contributed by atoms with Gasteiger partial charge in [-0.15, -0.1) is 17.0 Å². The van der Waals surface area contributed by atoms with Gasteiger partial charge >= 0.3 is 0 Å². The molecule has 2 aromatic heterocycles. The summed E-state index contributed by atoms with van der Waals surface area (Å²) in [5.41, 5.74) is 10.0. The number of aliphatic hydroxyl groups excluding tert-OH is 1. The number of nitrogen functional groups attached to an aromatic ring is 1. The lowest BCUT2D eigenvalue weighted by Gasteiger charge is -2.01. The quantitative estimate of drug-likeness (QED) is 0.436. The highest BCUT2D eigenvalue weighted by molar-refractivity contribution is 8.93. The molecule has 128 valence electrons. The summed E-state index contributed by atoms with van der Waals surface area (Å²) in [5.74, 6) is 1.22. The first kappa shape index (κ1) is 21.1. The van der Waals surface area contributed by atoms with Crippen molar-refractivity contribution in [3.63, 3.8) is 0 Å². The van der Waals surface area contributed by atoms with Crippen LogP contribution in [-0.4, -0.2) is 26.8 Å². The third kappa shape index (κ3) is 6.84. The van der Waals surface area contributed by atoms with E-state index in [1.165, 1.54) is 4.88 Å². The minimum atomic E-state index is -1.75. The normalized spacial score (nSPS) is 9.52.